The number of halogens is 2. The Balaban J connectivity index is 1.49. The third-order valence-electron chi connectivity index (χ3n) is 8.13. The molecule has 4 rings (SSSR count). The van der Waals surface area contributed by atoms with E-state index in [0.717, 1.165) is 0 Å². The molecule has 14 N–H and O–H groups in total. The maximum Gasteiger partial charge on any atom is 0.295 e. The van der Waals surface area contributed by atoms with Crippen molar-refractivity contribution < 1.29 is 67.8 Å². The molecule has 41 heavy (non-hydrogen) atoms. The topological polar surface area (TPSA) is 281 Å². The number of alkyl halides is 2. The molecule has 3 saturated heterocycles. The van der Waals surface area contributed by atoms with Crippen LogP contribution in [0.15, 0.2) is 0 Å². The summed E-state index contributed by atoms with van der Waals surface area (Å²) in [4.78, 5) is 0. The summed E-state index contributed by atoms with van der Waals surface area (Å²) in [6.07, 6.45) is -19.8. The van der Waals surface area contributed by atoms with Gasteiger partial charge in [-0.05, 0) is 13.3 Å². The Morgan fingerprint density at radius 1 is 0.780 bits per heavy atom. The van der Waals surface area contributed by atoms with E-state index in [1.165, 1.54) is 6.92 Å². The van der Waals surface area contributed by atoms with Crippen LogP contribution >= 0.6 is 0 Å². The molecule has 0 aromatic rings. The van der Waals surface area contributed by atoms with Crippen LogP contribution in [0.4, 0.5) is 8.78 Å². The van der Waals surface area contributed by atoms with Gasteiger partial charge in [-0.15, -0.1) is 0 Å². The summed E-state index contributed by atoms with van der Waals surface area (Å²) in [5.41, 5.74) is 23.4. The second-order valence-electron chi connectivity index (χ2n) is 11.1. The van der Waals surface area contributed by atoms with Crippen LogP contribution in [-0.4, -0.2) is 154 Å². The predicted octanol–water partition coefficient (Wildman–Crippen LogP) is -5.50. The van der Waals surface area contributed by atoms with Crippen molar-refractivity contribution in [2.45, 2.75) is 130 Å². The van der Waals surface area contributed by atoms with Gasteiger partial charge in [-0.3, -0.25) is 0 Å². The number of ether oxygens (including phenoxy) is 6. The van der Waals surface area contributed by atoms with Crippen LogP contribution in [0.25, 0.3) is 0 Å². The molecule has 0 bridgehead atoms. The van der Waals surface area contributed by atoms with Gasteiger partial charge in [-0.2, -0.15) is 0 Å². The molecule has 16 nitrogen and oxygen atoms in total. The van der Waals surface area contributed by atoms with Gasteiger partial charge in [0.1, 0.15) is 54.9 Å². The maximum absolute atomic E-state index is 14.7. The Morgan fingerprint density at radius 3 is 2.02 bits per heavy atom. The first-order valence-corrected chi connectivity index (χ1v) is 13.5. The maximum atomic E-state index is 14.7. The van der Waals surface area contributed by atoms with Crippen molar-refractivity contribution in [3.63, 3.8) is 0 Å². The fourth-order valence-electron chi connectivity index (χ4n) is 5.59. The third-order valence-corrected chi connectivity index (χ3v) is 8.13. The number of aliphatic hydroxyl groups excluding tert-OH is 6. The van der Waals surface area contributed by atoms with Gasteiger partial charge in [0.2, 0.25) is 0 Å². The molecular formula is C23H42F2N4O12. The Kier molecular flexibility index (Phi) is 10.6. The summed E-state index contributed by atoms with van der Waals surface area (Å²) >= 11 is 0. The summed E-state index contributed by atoms with van der Waals surface area (Å²) in [5.74, 6) is -3.84. The van der Waals surface area contributed by atoms with E-state index < -0.39 is 123 Å². The fraction of sp³-hybridized carbons (Fsp3) is 1.00. The number of rotatable bonds is 8. The Bertz CT molecular complexity index is 859. The van der Waals surface area contributed by atoms with Crippen LogP contribution in [0.5, 0.6) is 0 Å². The molecule has 0 amide bonds. The zero-order chi connectivity index (χ0) is 30.4. The highest BCUT2D eigenvalue weighted by Gasteiger charge is 2.59. The molecule has 1 aliphatic carbocycles. The van der Waals surface area contributed by atoms with Crippen LogP contribution in [0.1, 0.15) is 19.8 Å². The van der Waals surface area contributed by atoms with Gasteiger partial charge in [-0.1, -0.05) is 0 Å². The van der Waals surface area contributed by atoms with E-state index in [2.05, 4.69) is 0 Å². The molecule has 4 aliphatic rings. The molecule has 0 aromatic carbocycles. The highest BCUT2D eigenvalue weighted by Crippen LogP contribution is 2.37. The van der Waals surface area contributed by atoms with Gasteiger partial charge in [0.25, 0.3) is 5.92 Å². The molecule has 3 heterocycles. The van der Waals surface area contributed by atoms with Crippen LogP contribution in [-0.2, 0) is 28.4 Å². The largest absolute Gasteiger partial charge is 0.394 e. The first-order valence-electron chi connectivity index (χ1n) is 13.5. The normalized spacial score (nSPS) is 52.5. The standard InChI is InChI=1S/C23H42F2N4O12/c1-6-13(32)9(31)3-12(36-6)39-17-11(5-30)38-21(15(17)34)41-18-14(33)7(27)2-8(28)16(18)40-22-19(29)23(24,25)20(35)10(4-26)37-22/h6-22,30-35H,2-5,26-29H2,1H3/t6-,7+,8-,9+,10+,11+,12+,13+,14-,15+,16+,17+,18+,19-,20+,21-,22+/m0/s1. The monoisotopic (exact) mass is 604 g/mol. The Hall–Kier alpha value is -0.780. The molecule has 1 saturated carbocycles. The predicted molar refractivity (Wildman–Crippen MR) is 131 cm³/mol. The van der Waals surface area contributed by atoms with Gasteiger partial charge >= 0.3 is 0 Å². The van der Waals surface area contributed by atoms with Crippen LogP contribution in [0.2, 0.25) is 0 Å². The van der Waals surface area contributed by atoms with E-state index in [9.17, 15) is 39.4 Å². The highest BCUT2D eigenvalue weighted by molar-refractivity contribution is 5.03. The summed E-state index contributed by atoms with van der Waals surface area (Å²) in [7, 11) is 0. The van der Waals surface area contributed by atoms with Crippen LogP contribution in [0, 0.1) is 0 Å². The summed E-state index contributed by atoms with van der Waals surface area (Å²) in [6.45, 7) is 0.411. The lowest BCUT2D eigenvalue weighted by Gasteiger charge is -2.48. The first kappa shape index (κ1) is 33.1. The highest BCUT2D eigenvalue weighted by atomic mass is 19.3. The SMILES string of the molecule is C[C@@H]1O[C@H](O[C@H]2[C@@H](O)[C@H](O[C@@H]3[C@@H](O)[C@H](N)C[C@H](N)[C@H]3O[C@H]3O[C@H](CN)[C@@H](O)C(F)(F)[C@H]3N)O[C@@H]2CO)C[C@@H](O)[C@@H]1O. The van der Waals surface area contributed by atoms with E-state index in [-0.39, 0.29) is 12.8 Å². The van der Waals surface area contributed by atoms with Crippen LogP contribution in [0.3, 0.4) is 0 Å². The zero-order valence-electron chi connectivity index (χ0n) is 22.3. The molecule has 3 aliphatic heterocycles. The molecule has 0 aromatic heterocycles. The third kappa shape index (κ3) is 6.53. The lowest BCUT2D eigenvalue weighted by Crippen LogP contribution is -2.70. The number of hydrogen-bond acceptors (Lipinski definition) is 16. The van der Waals surface area contributed by atoms with E-state index in [4.69, 9.17) is 51.4 Å². The van der Waals surface area contributed by atoms with Crippen molar-refractivity contribution in [2.24, 2.45) is 22.9 Å². The fourth-order valence-corrected chi connectivity index (χ4v) is 5.59. The second kappa shape index (κ2) is 13.1. The summed E-state index contributed by atoms with van der Waals surface area (Å²) in [5, 5.41) is 61.6. The van der Waals surface area contributed by atoms with Crippen molar-refractivity contribution in [2.75, 3.05) is 13.2 Å². The Labute approximate surface area is 234 Å². The molecular weight excluding hydrogens is 562 g/mol. The molecule has 18 heteroatoms. The Morgan fingerprint density at radius 2 is 1.41 bits per heavy atom. The molecule has 240 valence electrons. The van der Waals surface area contributed by atoms with Gasteiger partial charge in [0, 0.05) is 25.0 Å². The van der Waals surface area contributed by atoms with Gasteiger partial charge in [0.05, 0.1) is 24.9 Å². The van der Waals surface area contributed by atoms with Crippen LogP contribution < -0.4 is 22.9 Å². The number of nitrogens with two attached hydrogens (primary N) is 4. The van der Waals surface area contributed by atoms with Crippen molar-refractivity contribution in [1.82, 2.24) is 0 Å². The lowest BCUT2D eigenvalue weighted by molar-refractivity contribution is -0.331. The molecule has 0 radical (unpaired) electrons. The minimum Gasteiger partial charge on any atom is -0.394 e. The van der Waals surface area contributed by atoms with E-state index in [1.54, 1.807) is 0 Å². The van der Waals surface area contributed by atoms with E-state index in [0.29, 0.717) is 0 Å². The van der Waals surface area contributed by atoms with Gasteiger partial charge < -0.3 is 82.0 Å². The van der Waals surface area contributed by atoms with Crippen molar-refractivity contribution in [3.05, 3.63) is 0 Å². The van der Waals surface area contributed by atoms with E-state index in [1.807, 2.05) is 0 Å². The summed E-state index contributed by atoms with van der Waals surface area (Å²) < 4.78 is 63.3. The van der Waals surface area contributed by atoms with Crippen molar-refractivity contribution in [1.29, 1.82) is 0 Å². The average Bonchev–Trinajstić information content (AvgIpc) is 3.21. The van der Waals surface area contributed by atoms with E-state index >= 15 is 0 Å². The summed E-state index contributed by atoms with van der Waals surface area (Å²) in [6, 6.07) is -4.08. The molecule has 0 spiro atoms. The minimum atomic E-state index is -3.84. The van der Waals surface area contributed by atoms with Gasteiger partial charge in [0.15, 0.2) is 18.9 Å². The minimum absolute atomic E-state index is 0.0164. The molecule has 4 fully saturated rings. The lowest BCUT2D eigenvalue weighted by atomic mass is 9.84. The number of aliphatic hydroxyl groups is 6. The number of hydrogen-bond donors (Lipinski definition) is 10. The molecule has 0 unspecified atom stereocenters. The quantitative estimate of drug-likeness (QED) is 0.124. The zero-order valence-corrected chi connectivity index (χ0v) is 22.3. The van der Waals surface area contributed by atoms with Crippen molar-refractivity contribution >= 4 is 0 Å². The van der Waals surface area contributed by atoms with Gasteiger partial charge in [-0.25, -0.2) is 8.78 Å². The van der Waals surface area contributed by atoms with Crippen molar-refractivity contribution in [3.8, 4) is 0 Å². The molecule has 17 atom stereocenters. The second-order valence-corrected chi connectivity index (χ2v) is 11.1. The first-order chi connectivity index (χ1) is 19.2. The smallest absolute Gasteiger partial charge is 0.295 e. The average molecular weight is 605 g/mol.